The molecule has 1 aliphatic carbocycles. The summed E-state index contributed by atoms with van der Waals surface area (Å²) in [4.78, 5) is 17.9. The van der Waals surface area contributed by atoms with Gasteiger partial charge in [-0.15, -0.1) is 0 Å². The molecule has 3 aliphatic rings. The summed E-state index contributed by atoms with van der Waals surface area (Å²) in [6, 6.07) is 6.31. The van der Waals surface area contributed by atoms with Crippen molar-refractivity contribution in [2.24, 2.45) is 16.8 Å². The van der Waals surface area contributed by atoms with E-state index in [1.54, 1.807) is 18.2 Å². The molecule has 0 bridgehead atoms. The highest BCUT2D eigenvalue weighted by atomic mass is 35.5. The van der Waals surface area contributed by atoms with Crippen molar-refractivity contribution in [3.8, 4) is 0 Å². The Hall–Kier alpha value is -1.44. The van der Waals surface area contributed by atoms with E-state index in [4.69, 9.17) is 16.6 Å². The fraction of sp³-hybridized carbons (Fsp3) is 0.636. The van der Waals surface area contributed by atoms with E-state index in [-0.39, 0.29) is 23.9 Å². The number of hydrogen-bond donors (Lipinski definition) is 1. The van der Waals surface area contributed by atoms with Crippen molar-refractivity contribution < 1.29 is 13.2 Å². The van der Waals surface area contributed by atoms with Crippen LogP contribution < -0.4 is 5.32 Å². The first-order valence-corrected chi connectivity index (χ1v) is 12.8. The first kappa shape index (κ1) is 21.8. The summed E-state index contributed by atoms with van der Waals surface area (Å²) in [6.07, 6.45) is 7.89. The highest BCUT2D eigenvalue weighted by molar-refractivity contribution is 7.89. The van der Waals surface area contributed by atoms with Crippen molar-refractivity contribution in [2.75, 3.05) is 13.1 Å². The maximum atomic E-state index is 13.0. The number of hydrogen-bond acceptors (Lipinski definition) is 4. The van der Waals surface area contributed by atoms with Gasteiger partial charge in [-0.3, -0.25) is 9.79 Å². The lowest BCUT2D eigenvalue weighted by Crippen LogP contribution is -2.50. The standard InChI is InChI=1S/C22H30ClN3O3S/c1-2-4-16-7-9-17(10-8-16)20-24-21(27)22(25-20)11-13-26(14-12-22)30(28,29)19-6-3-5-18(23)15-19/h3,5-6,15-17H,2,4,7-14H2,1H3,(H,24,25,27). The van der Waals surface area contributed by atoms with Crippen molar-refractivity contribution in [3.05, 3.63) is 29.3 Å². The number of sulfonamides is 1. The lowest BCUT2D eigenvalue weighted by atomic mass is 9.79. The molecule has 0 radical (unpaired) electrons. The number of halogens is 1. The lowest BCUT2D eigenvalue weighted by molar-refractivity contribution is -0.125. The number of piperidine rings is 1. The summed E-state index contributed by atoms with van der Waals surface area (Å²) in [7, 11) is -3.63. The molecule has 0 atom stereocenters. The van der Waals surface area contributed by atoms with Crippen LogP contribution in [-0.4, -0.2) is 43.1 Å². The van der Waals surface area contributed by atoms with Crippen LogP contribution in [0.3, 0.4) is 0 Å². The van der Waals surface area contributed by atoms with Gasteiger partial charge in [-0.1, -0.05) is 37.4 Å². The van der Waals surface area contributed by atoms with Gasteiger partial charge in [0.25, 0.3) is 5.91 Å². The minimum atomic E-state index is -3.63. The fourth-order valence-electron chi connectivity index (χ4n) is 5.08. The van der Waals surface area contributed by atoms with Gasteiger partial charge in [0.2, 0.25) is 10.0 Å². The quantitative estimate of drug-likeness (QED) is 0.734. The zero-order valence-corrected chi connectivity index (χ0v) is 19.0. The fourth-order valence-corrected chi connectivity index (χ4v) is 6.82. The van der Waals surface area contributed by atoms with Crippen LogP contribution in [0.15, 0.2) is 34.2 Å². The van der Waals surface area contributed by atoms with Crippen molar-refractivity contribution >= 4 is 33.4 Å². The van der Waals surface area contributed by atoms with E-state index < -0.39 is 15.6 Å². The van der Waals surface area contributed by atoms with Crippen LogP contribution in [0, 0.1) is 11.8 Å². The normalized spacial score (nSPS) is 27.1. The molecule has 0 aromatic heterocycles. The monoisotopic (exact) mass is 451 g/mol. The molecule has 1 aromatic carbocycles. The summed E-state index contributed by atoms with van der Waals surface area (Å²) < 4.78 is 27.3. The third-order valence-corrected chi connectivity index (χ3v) is 9.04. The van der Waals surface area contributed by atoms with Crippen LogP contribution in [0.5, 0.6) is 0 Å². The smallest absolute Gasteiger partial charge is 0.253 e. The molecule has 1 saturated carbocycles. The van der Waals surface area contributed by atoms with Crippen LogP contribution >= 0.6 is 11.6 Å². The zero-order valence-electron chi connectivity index (χ0n) is 17.4. The summed E-state index contributed by atoms with van der Waals surface area (Å²) in [6.45, 7) is 2.79. The van der Waals surface area contributed by atoms with E-state index in [2.05, 4.69) is 12.2 Å². The Morgan fingerprint density at radius 3 is 2.53 bits per heavy atom. The maximum absolute atomic E-state index is 13.0. The molecule has 8 heteroatoms. The van der Waals surface area contributed by atoms with E-state index in [1.807, 2.05) is 0 Å². The van der Waals surface area contributed by atoms with E-state index >= 15 is 0 Å². The maximum Gasteiger partial charge on any atom is 0.253 e. The molecule has 0 unspecified atom stereocenters. The number of rotatable bonds is 5. The molecule has 2 aliphatic heterocycles. The first-order valence-electron chi connectivity index (χ1n) is 11.0. The van der Waals surface area contributed by atoms with Gasteiger partial charge in [0.1, 0.15) is 11.4 Å². The van der Waals surface area contributed by atoms with E-state index in [9.17, 15) is 13.2 Å². The van der Waals surface area contributed by atoms with Gasteiger partial charge in [-0.05, 0) is 62.6 Å². The Morgan fingerprint density at radius 2 is 1.90 bits per heavy atom. The molecule has 1 N–H and O–H groups in total. The highest BCUT2D eigenvalue weighted by Gasteiger charge is 2.48. The number of carbonyl (C=O) groups is 1. The largest absolute Gasteiger partial charge is 0.312 e. The Bertz CT molecular complexity index is 931. The number of amidine groups is 1. The molecular weight excluding hydrogens is 422 g/mol. The third-order valence-electron chi connectivity index (χ3n) is 6.91. The average Bonchev–Trinajstić information content (AvgIpc) is 3.05. The summed E-state index contributed by atoms with van der Waals surface area (Å²) in [5, 5.41) is 3.44. The SMILES string of the molecule is CCCC1CCC(C2=NC3(CCN(S(=O)(=O)c4cccc(Cl)c4)CC3)C(=O)N2)CC1. The third kappa shape index (κ3) is 4.16. The number of carbonyl (C=O) groups excluding carboxylic acids is 1. The van der Waals surface area contributed by atoms with E-state index in [1.165, 1.54) is 36.1 Å². The molecule has 1 amide bonds. The Labute approximate surface area is 184 Å². The summed E-state index contributed by atoms with van der Waals surface area (Å²) >= 11 is 5.97. The molecule has 30 heavy (non-hydrogen) atoms. The van der Waals surface area contributed by atoms with Gasteiger partial charge in [0.15, 0.2) is 0 Å². The van der Waals surface area contributed by atoms with Crippen molar-refractivity contribution in [3.63, 3.8) is 0 Å². The molecule has 1 saturated heterocycles. The lowest BCUT2D eigenvalue weighted by Gasteiger charge is -2.34. The van der Waals surface area contributed by atoms with Crippen LogP contribution in [0.2, 0.25) is 5.02 Å². The topological polar surface area (TPSA) is 78.8 Å². The van der Waals surface area contributed by atoms with Crippen LogP contribution in [-0.2, 0) is 14.8 Å². The summed E-state index contributed by atoms with van der Waals surface area (Å²) in [5.74, 6) is 1.90. The molecule has 1 spiro atoms. The second-order valence-electron chi connectivity index (χ2n) is 8.85. The highest BCUT2D eigenvalue weighted by Crippen LogP contribution is 2.37. The van der Waals surface area contributed by atoms with Gasteiger partial charge in [-0.2, -0.15) is 4.31 Å². The van der Waals surface area contributed by atoms with Crippen molar-refractivity contribution in [1.29, 1.82) is 0 Å². The molecule has 1 aromatic rings. The van der Waals surface area contributed by atoms with Crippen LogP contribution in [0.25, 0.3) is 0 Å². The molecule has 164 valence electrons. The number of aliphatic imine (C=N–C) groups is 1. The van der Waals surface area contributed by atoms with Crippen LogP contribution in [0.1, 0.15) is 58.3 Å². The number of nitrogens with zero attached hydrogens (tertiary/aromatic N) is 2. The van der Waals surface area contributed by atoms with Gasteiger partial charge in [0, 0.05) is 24.0 Å². The van der Waals surface area contributed by atoms with Gasteiger partial charge < -0.3 is 5.32 Å². The van der Waals surface area contributed by atoms with Crippen LogP contribution in [0.4, 0.5) is 0 Å². The molecule has 2 heterocycles. The molecule has 4 rings (SSSR count). The second-order valence-corrected chi connectivity index (χ2v) is 11.2. The average molecular weight is 452 g/mol. The Kier molecular flexibility index (Phi) is 6.24. The van der Waals surface area contributed by atoms with Crippen molar-refractivity contribution in [2.45, 2.75) is 68.7 Å². The number of benzene rings is 1. The Balaban J connectivity index is 1.43. The second kappa shape index (κ2) is 8.60. The van der Waals surface area contributed by atoms with Gasteiger partial charge >= 0.3 is 0 Å². The molecular formula is C22H30ClN3O3S. The molecule has 2 fully saturated rings. The van der Waals surface area contributed by atoms with Crippen molar-refractivity contribution in [1.82, 2.24) is 9.62 Å². The minimum absolute atomic E-state index is 0.0621. The summed E-state index contributed by atoms with van der Waals surface area (Å²) in [5.41, 5.74) is -0.810. The minimum Gasteiger partial charge on any atom is -0.312 e. The predicted octanol–water partition coefficient (Wildman–Crippen LogP) is 4.00. The van der Waals surface area contributed by atoms with E-state index in [0.29, 0.717) is 23.8 Å². The number of nitrogens with one attached hydrogen (secondary N) is 1. The van der Waals surface area contributed by atoms with Gasteiger partial charge in [0.05, 0.1) is 4.90 Å². The zero-order chi connectivity index (χ0) is 21.4. The Morgan fingerprint density at radius 1 is 1.20 bits per heavy atom. The van der Waals surface area contributed by atoms with E-state index in [0.717, 1.165) is 24.6 Å². The first-order chi connectivity index (χ1) is 14.3. The number of amides is 1. The predicted molar refractivity (Wildman–Crippen MR) is 118 cm³/mol. The molecule has 6 nitrogen and oxygen atoms in total. The van der Waals surface area contributed by atoms with Gasteiger partial charge in [-0.25, -0.2) is 8.42 Å².